The van der Waals surface area contributed by atoms with E-state index in [1.165, 1.54) is 18.2 Å². The van der Waals surface area contributed by atoms with E-state index >= 15 is 0 Å². The van der Waals surface area contributed by atoms with Gasteiger partial charge in [0.05, 0.1) is 17.8 Å². The molecule has 3 amide bonds. The Morgan fingerprint density at radius 1 is 1.00 bits per heavy atom. The third-order valence-electron chi connectivity index (χ3n) is 6.86. The second-order valence-electron chi connectivity index (χ2n) is 10.6. The van der Waals surface area contributed by atoms with Crippen molar-refractivity contribution in [1.29, 1.82) is 0 Å². The molecular formula is C31H25F6N7O4. The van der Waals surface area contributed by atoms with Crippen LogP contribution in [0, 0.1) is 17.5 Å². The summed E-state index contributed by atoms with van der Waals surface area (Å²) in [5.41, 5.74) is -1.12. The Morgan fingerprint density at radius 3 is 2.33 bits per heavy atom. The minimum atomic E-state index is -5.44. The van der Waals surface area contributed by atoms with Crippen molar-refractivity contribution in [2.24, 2.45) is 0 Å². The molecule has 1 aliphatic heterocycles. The molecule has 0 radical (unpaired) electrons. The van der Waals surface area contributed by atoms with E-state index in [0.717, 1.165) is 42.5 Å². The van der Waals surface area contributed by atoms with Crippen molar-refractivity contribution in [3.05, 3.63) is 89.2 Å². The number of anilines is 4. The second kappa shape index (κ2) is 13.6. The molecule has 0 saturated heterocycles. The second-order valence-corrected chi connectivity index (χ2v) is 10.6. The Hall–Kier alpha value is -5.71. The molecule has 17 heteroatoms. The molecule has 0 fully saturated rings. The highest BCUT2D eigenvalue weighted by atomic mass is 19.4. The highest BCUT2D eigenvalue weighted by Gasteiger charge is 2.42. The maximum atomic E-state index is 15.0. The van der Waals surface area contributed by atoms with E-state index in [2.05, 4.69) is 30.7 Å². The molecule has 0 bridgehead atoms. The van der Waals surface area contributed by atoms with Crippen LogP contribution >= 0.6 is 0 Å². The average molecular weight is 674 g/mol. The number of carbonyl (C=O) groups is 3. The van der Waals surface area contributed by atoms with Crippen LogP contribution in [0.25, 0.3) is 11.3 Å². The summed E-state index contributed by atoms with van der Waals surface area (Å²) in [6.45, 7) is 0.471. The van der Waals surface area contributed by atoms with Crippen molar-refractivity contribution in [1.82, 2.24) is 20.2 Å². The number of esters is 1. The van der Waals surface area contributed by atoms with Crippen molar-refractivity contribution in [3.63, 3.8) is 0 Å². The molecule has 0 atom stereocenters. The average Bonchev–Trinajstić information content (AvgIpc) is 3.02. The van der Waals surface area contributed by atoms with E-state index < -0.39 is 58.5 Å². The first-order chi connectivity index (χ1) is 22.7. The van der Waals surface area contributed by atoms with Gasteiger partial charge in [-0.3, -0.25) is 4.79 Å². The number of rotatable bonds is 9. The Balaban J connectivity index is 1.66. The maximum Gasteiger partial charge on any atom is 0.491 e. The van der Waals surface area contributed by atoms with Crippen LogP contribution in [-0.4, -0.2) is 66.1 Å². The molecule has 5 rings (SSSR count). The molecule has 3 N–H and O–H groups in total. The summed E-state index contributed by atoms with van der Waals surface area (Å²) in [6.07, 6.45) is -5.44. The molecule has 250 valence electrons. The number of amides is 3. The first-order valence-electron chi connectivity index (χ1n) is 14.0. The van der Waals surface area contributed by atoms with Gasteiger partial charge in [0.1, 0.15) is 28.9 Å². The Kier molecular flexibility index (Phi) is 9.51. The number of nitrogens with one attached hydrogen (secondary N) is 3. The molecule has 2 heterocycles. The summed E-state index contributed by atoms with van der Waals surface area (Å²) in [6, 6.07) is 9.85. The molecule has 1 aliphatic rings. The van der Waals surface area contributed by atoms with Crippen LogP contribution in [0.1, 0.15) is 15.9 Å². The van der Waals surface area contributed by atoms with Crippen molar-refractivity contribution < 1.29 is 45.5 Å². The minimum Gasteiger partial charge on any atom is -0.419 e. The SMILES string of the molecule is CN(C)CCNc1nc(-c2ccc(C(=O)Nc3ccc(F)cc3)c(OC(=O)C(F)(F)F)c2)c2c(n1)N(c1c(F)cccc1F)C(=O)NC2. The fourth-order valence-electron chi connectivity index (χ4n) is 4.61. The molecule has 3 aromatic carbocycles. The summed E-state index contributed by atoms with van der Waals surface area (Å²) in [4.78, 5) is 49.4. The smallest absolute Gasteiger partial charge is 0.419 e. The first kappa shape index (κ1) is 33.6. The standard InChI is InChI=1S/C31H25F6N7O4/c1-43(2)13-12-38-29-41-24(20-15-39-30(47)44(26(20)42-29)25-21(33)4-3-5-22(25)34)16-6-11-19(23(14-16)48-28(46)31(35,36)37)27(45)40-18-9-7-17(32)8-10-18/h3-11,14H,12-13,15H2,1-2H3,(H,39,47)(H,40,45)(H,38,41,42). The van der Waals surface area contributed by atoms with Gasteiger partial charge in [-0.1, -0.05) is 12.1 Å². The third kappa shape index (κ3) is 7.30. The quantitative estimate of drug-likeness (QED) is 0.119. The lowest BCUT2D eigenvalue weighted by Crippen LogP contribution is -2.43. The molecule has 48 heavy (non-hydrogen) atoms. The van der Waals surface area contributed by atoms with Gasteiger partial charge in [0.25, 0.3) is 5.91 Å². The van der Waals surface area contributed by atoms with Crippen LogP contribution in [0.15, 0.2) is 60.7 Å². The van der Waals surface area contributed by atoms with Gasteiger partial charge in [-0.15, -0.1) is 0 Å². The van der Waals surface area contributed by atoms with Gasteiger partial charge in [0, 0.05) is 29.9 Å². The van der Waals surface area contributed by atoms with E-state index in [-0.39, 0.29) is 47.4 Å². The normalized spacial score (nSPS) is 12.8. The van der Waals surface area contributed by atoms with Gasteiger partial charge in [-0.25, -0.2) is 32.6 Å². The van der Waals surface area contributed by atoms with Crippen LogP contribution < -0.4 is 25.6 Å². The number of nitrogens with zero attached hydrogens (tertiary/aromatic N) is 4. The summed E-state index contributed by atoms with van der Waals surface area (Å²) in [7, 11) is 3.59. The molecule has 0 aliphatic carbocycles. The fraction of sp³-hybridized carbons (Fsp3) is 0.194. The lowest BCUT2D eigenvalue weighted by molar-refractivity contribution is -0.189. The Labute approximate surface area is 268 Å². The molecule has 4 aromatic rings. The number of para-hydroxylation sites is 1. The molecule has 0 spiro atoms. The van der Waals surface area contributed by atoms with Crippen LogP contribution in [0.3, 0.4) is 0 Å². The van der Waals surface area contributed by atoms with E-state index in [0.29, 0.717) is 11.4 Å². The van der Waals surface area contributed by atoms with Gasteiger partial charge in [-0.2, -0.15) is 18.2 Å². The Morgan fingerprint density at radius 2 is 1.69 bits per heavy atom. The first-order valence-corrected chi connectivity index (χ1v) is 14.0. The summed E-state index contributed by atoms with van der Waals surface area (Å²) >= 11 is 0. The summed E-state index contributed by atoms with van der Waals surface area (Å²) in [5, 5.41) is 7.81. The zero-order valence-electron chi connectivity index (χ0n) is 25.1. The number of hydrogen-bond acceptors (Lipinski definition) is 8. The van der Waals surface area contributed by atoms with E-state index in [9.17, 15) is 40.7 Å². The van der Waals surface area contributed by atoms with Crippen molar-refractivity contribution in [2.75, 3.05) is 42.7 Å². The molecule has 0 saturated carbocycles. The molecular weight excluding hydrogens is 648 g/mol. The summed E-state index contributed by atoms with van der Waals surface area (Å²) in [5.74, 6) is -7.58. The van der Waals surface area contributed by atoms with Gasteiger partial charge in [0.15, 0.2) is 5.82 Å². The number of urea groups is 1. The number of benzene rings is 3. The van der Waals surface area contributed by atoms with Gasteiger partial charge < -0.3 is 25.6 Å². The van der Waals surface area contributed by atoms with Gasteiger partial charge in [-0.05, 0) is 62.6 Å². The number of likely N-dealkylation sites (N-methyl/N-ethyl adjacent to an activating group) is 1. The largest absolute Gasteiger partial charge is 0.491 e. The lowest BCUT2D eigenvalue weighted by Gasteiger charge is -2.31. The van der Waals surface area contributed by atoms with Crippen molar-refractivity contribution >= 4 is 41.0 Å². The monoisotopic (exact) mass is 673 g/mol. The highest BCUT2D eigenvalue weighted by molar-refractivity contribution is 6.07. The highest BCUT2D eigenvalue weighted by Crippen LogP contribution is 2.39. The maximum absolute atomic E-state index is 15.0. The topological polar surface area (TPSA) is 129 Å². The fourth-order valence-corrected chi connectivity index (χ4v) is 4.61. The summed E-state index contributed by atoms with van der Waals surface area (Å²) < 4.78 is 87.8. The minimum absolute atomic E-state index is 0.0160. The number of fused-ring (bicyclic) bond motifs is 1. The number of halogens is 6. The Bertz CT molecular complexity index is 1870. The number of carbonyl (C=O) groups excluding carboxylic acids is 3. The van der Waals surface area contributed by atoms with Crippen LogP contribution in [0.5, 0.6) is 5.75 Å². The van der Waals surface area contributed by atoms with E-state index in [4.69, 9.17) is 0 Å². The zero-order valence-corrected chi connectivity index (χ0v) is 25.1. The van der Waals surface area contributed by atoms with Crippen molar-refractivity contribution in [3.8, 4) is 17.0 Å². The predicted molar refractivity (Wildman–Crippen MR) is 161 cm³/mol. The zero-order chi connectivity index (χ0) is 34.7. The van der Waals surface area contributed by atoms with Crippen LogP contribution in [0.2, 0.25) is 0 Å². The van der Waals surface area contributed by atoms with Crippen LogP contribution in [-0.2, 0) is 11.3 Å². The number of aromatic nitrogens is 2. The van der Waals surface area contributed by atoms with Gasteiger partial charge in [0.2, 0.25) is 5.95 Å². The molecule has 11 nitrogen and oxygen atoms in total. The molecule has 0 unspecified atom stereocenters. The number of hydrogen-bond donors (Lipinski definition) is 3. The van der Waals surface area contributed by atoms with Crippen molar-refractivity contribution in [2.45, 2.75) is 12.7 Å². The van der Waals surface area contributed by atoms with Crippen LogP contribution in [0.4, 0.5) is 54.3 Å². The number of ether oxygens (including phenoxy) is 1. The van der Waals surface area contributed by atoms with E-state index in [1.54, 1.807) is 14.1 Å². The molecule has 1 aromatic heterocycles. The third-order valence-corrected chi connectivity index (χ3v) is 6.86. The predicted octanol–water partition coefficient (Wildman–Crippen LogP) is 5.62. The lowest BCUT2D eigenvalue weighted by atomic mass is 10.0. The van der Waals surface area contributed by atoms with E-state index in [1.807, 2.05) is 4.90 Å². The van der Waals surface area contributed by atoms with Gasteiger partial charge >= 0.3 is 18.2 Å². The number of alkyl halides is 3.